The van der Waals surface area contributed by atoms with Crippen molar-refractivity contribution < 1.29 is 4.92 Å². The largest absolute Gasteiger partial charge is 0.309 e. The maximum atomic E-state index is 11.0. The van der Waals surface area contributed by atoms with Gasteiger partial charge in [-0.2, -0.15) is 5.10 Å². The Morgan fingerprint density at radius 3 is 2.50 bits per heavy atom. The first kappa shape index (κ1) is 19.6. The van der Waals surface area contributed by atoms with E-state index in [-0.39, 0.29) is 18.1 Å². The Morgan fingerprint density at radius 2 is 1.88 bits per heavy atom. The third kappa shape index (κ3) is 5.98. The van der Waals surface area contributed by atoms with Crippen LogP contribution in [0, 0.1) is 10.1 Å². The second-order valence-electron chi connectivity index (χ2n) is 5.40. The number of nitrogens with zero attached hydrogens (tertiary/aromatic N) is 3. The van der Waals surface area contributed by atoms with Crippen LogP contribution in [0.2, 0.25) is 0 Å². The molecule has 2 rings (SSSR count). The van der Waals surface area contributed by atoms with Crippen molar-refractivity contribution >= 4 is 29.5 Å². The molecule has 0 aliphatic rings. The monoisotopic (exact) mass is 348 g/mol. The maximum absolute atomic E-state index is 11.0. The number of nitro groups is 1. The molecule has 1 N–H and O–H groups in total. The number of para-hydroxylation sites is 1. The van der Waals surface area contributed by atoms with E-state index >= 15 is 0 Å². The van der Waals surface area contributed by atoms with E-state index in [9.17, 15) is 10.1 Å². The van der Waals surface area contributed by atoms with Crippen molar-refractivity contribution in [3.63, 3.8) is 0 Å². The van der Waals surface area contributed by atoms with E-state index in [1.165, 1.54) is 6.07 Å². The number of anilines is 1. The molecule has 128 valence electrons. The van der Waals surface area contributed by atoms with Crippen molar-refractivity contribution in [3.05, 3.63) is 70.3 Å². The molecule has 0 aliphatic heterocycles. The number of hydrogen-bond acceptors (Lipinski definition) is 5. The highest BCUT2D eigenvalue weighted by molar-refractivity contribution is 6.01. The number of non-ortho nitro benzene ring substituents is 1. The summed E-state index contributed by atoms with van der Waals surface area (Å²) in [7, 11) is 3.96. The van der Waals surface area contributed by atoms with E-state index < -0.39 is 4.92 Å². The summed E-state index contributed by atoms with van der Waals surface area (Å²) >= 11 is 0. The summed E-state index contributed by atoms with van der Waals surface area (Å²) in [6.07, 6.45) is 0.688. The highest BCUT2D eigenvalue weighted by Gasteiger charge is 2.11. The molecule has 0 radical (unpaired) electrons. The zero-order valence-corrected chi connectivity index (χ0v) is 14.5. The van der Waals surface area contributed by atoms with E-state index in [1.54, 1.807) is 12.1 Å². The van der Waals surface area contributed by atoms with Crippen LogP contribution in [0.25, 0.3) is 0 Å². The van der Waals surface area contributed by atoms with E-state index in [0.29, 0.717) is 6.42 Å². The van der Waals surface area contributed by atoms with Gasteiger partial charge in [0.2, 0.25) is 0 Å². The molecule has 0 aliphatic carbocycles. The number of nitrogens with one attached hydrogen (secondary N) is 1. The van der Waals surface area contributed by atoms with Gasteiger partial charge in [-0.15, -0.1) is 12.4 Å². The van der Waals surface area contributed by atoms with E-state index in [1.807, 2.05) is 50.5 Å². The van der Waals surface area contributed by atoms with Crippen LogP contribution in [0.4, 0.5) is 11.4 Å². The third-order valence-corrected chi connectivity index (χ3v) is 3.28. The Labute approximate surface area is 147 Å². The molecule has 24 heavy (non-hydrogen) atoms. The van der Waals surface area contributed by atoms with Crippen LogP contribution in [0.5, 0.6) is 0 Å². The molecule has 6 nitrogen and oxygen atoms in total. The molecule has 2 aromatic carbocycles. The fourth-order valence-electron chi connectivity index (χ4n) is 2.04. The van der Waals surface area contributed by atoms with Crippen LogP contribution in [0.3, 0.4) is 0 Å². The van der Waals surface area contributed by atoms with Gasteiger partial charge in [-0.3, -0.25) is 15.5 Å². The average Bonchev–Trinajstić information content (AvgIpc) is 2.55. The van der Waals surface area contributed by atoms with Gasteiger partial charge in [0.1, 0.15) is 0 Å². The maximum Gasteiger partial charge on any atom is 0.270 e. The van der Waals surface area contributed by atoms with Gasteiger partial charge in [0, 0.05) is 30.7 Å². The summed E-state index contributed by atoms with van der Waals surface area (Å²) in [6, 6.07) is 16.2. The molecule has 0 unspecified atom stereocenters. The van der Waals surface area contributed by atoms with Crippen molar-refractivity contribution in [1.82, 2.24) is 4.90 Å². The molecule has 0 aromatic heterocycles. The second-order valence-corrected chi connectivity index (χ2v) is 5.40. The normalized spacial score (nSPS) is 11.0. The lowest BCUT2D eigenvalue weighted by molar-refractivity contribution is -0.384. The summed E-state index contributed by atoms with van der Waals surface area (Å²) in [4.78, 5) is 12.6. The van der Waals surface area contributed by atoms with Gasteiger partial charge in [-0.1, -0.05) is 30.3 Å². The van der Waals surface area contributed by atoms with Crippen molar-refractivity contribution in [2.24, 2.45) is 5.10 Å². The number of benzene rings is 2. The molecule has 0 atom stereocenters. The Balaban J connectivity index is 0.00000288. The van der Waals surface area contributed by atoms with Gasteiger partial charge in [0.15, 0.2) is 0 Å². The molecular weight excluding hydrogens is 328 g/mol. The lowest BCUT2D eigenvalue weighted by Gasteiger charge is -2.12. The number of hydrogen-bond donors (Lipinski definition) is 1. The first-order chi connectivity index (χ1) is 11.1. The van der Waals surface area contributed by atoms with Crippen molar-refractivity contribution in [2.45, 2.75) is 6.42 Å². The first-order valence-electron chi connectivity index (χ1n) is 7.33. The molecule has 0 bridgehead atoms. The van der Waals surface area contributed by atoms with Gasteiger partial charge >= 0.3 is 0 Å². The standard InChI is InChI=1S/C17H20N4O2.ClH/c1-20(2)12-11-17(19-18-15-8-4-3-5-9-15)14-7-6-10-16(13-14)21(22)23;/h3-10,13,18H,11-12H2,1-2H3;1H/b19-17+;. The minimum atomic E-state index is -0.391. The van der Waals surface area contributed by atoms with E-state index in [4.69, 9.17) is 0 Å². The van der Waals surface area contributed by atoms with Gasteiger partial charge in [-0.05, 0) is 26.2 Å². The van der Waals surface area contributed by atoms with Crippen LogP contribution in [0.15, 0.2) is 59.7 Å². The van der Waals surface area contributed by atoms with Gasteiger partial charge in [-0.25, -0.2) is 0 Å². The first-order valence-corrected chi connectivity index (χ1v) is 7.33. The highest BCUT2D eigenvalue weighted by Crippen LogP contribution is 2.16. The van der Waals surface area contributed by atoms with Crippen LogP contribution in [-0.2, 0) is 0 Å². The molecule has 0 saturated carbocycles. The number of nitro benzene ring substituents is 1. The lowest BCUT2D eigenvalue weighted by atomic mass is 10.1. The number of rotatable bonds is 7. The minimum Gasteiger partial charge on any atom is -0.309 e. The summed E-state index contributed by atoms with van der Waals surface area (Å²) in [6.45, 7) is 0.804. The SMILES string of the molecule is CN(C)CC/C(=N\Nc1ccccc1)c1cccc([N+](=O)[O-])c1.Cl. The van der Waals surface area contributed by atoms with Gasteiger partial charge in [0.05, 0.1) is 16.3 Å². The summed E-state index contributed by atoms with van der Waals surface area (Å²) in [5.41, 5.74) is 5.50. The molecule has 0 amide bonds. The Morgan fingerprint density at radius 1 is 1.17 bits per heavy atom. The van der Waals surface area contributed by atoms with Crippen molar-refractivity contribution in [3.8, 4) is 0 Å². The lowest BCUT2D eigenvalue weighted by Crippen LogP contribution is -2.18. The number of hydrazone groups is 1. The van der Waals surface area contributed by atoms with E-state index in [0.717, 1.165) is 23.5 Å². The van der Waals surface area contributed by atoms with Crippen LogP contribution in [0.1, 0.15) is 12.0 Å². The topological polar surface area (TPSA) is 70.8 Å². The van der Waals surface area contributed by atoms with Crippen LogP contribution in [-0.4, -0.2) is 36.2 Å². The molecule has 0 spiro atoms. The van der Waals surface area contributed by atoms with Gasteiger partial charge < -0.3 is 4.90 Å². The predicted molar refractivity (Wildman–Crippen MR) is 100 cm³/mol. The zero-order chi connectivity index (χ0) is 16.7. The smallest absolute Gasteiger partial charge is 0.270 e. The predicted octanol–water partition coefficient (Wildman–Crippen LogP) is 3.78. The molecule has 2 aromatic rings. The van der Waals surface area contributed by atoms with E-state index in [2.05, 4.69) is 15.4 Å². The van der Waals surface area contributed by atoms with Crippen LogP contribution < -0.4 is 5.43 Å². The van der Waals surface area contributed by atoms with Crippen LogP contribution >= 0.6 is 12.4 Å². The molecule has 0 fully saturated rings. The molecule has 7 heteroatoms. The number of halogens is 1. The third-order valence-electron chi connectivity index (χ3n) is 3.28. The zero-order valence-electron chi connectivity index (χ0n) is 13.7. The highest BCUT2D eigenvalue weighted by atomic mass is 35.5. The molecule has 0 saturated heterocycles. The minimum absolute atomic E-state index is 0. The summed E-state index contributed by atoms with van der Waals surface area (Å²) in [5, 5.41) is 15.4. The van der Waals surface area contributed by atoms with Crippen molar-refractivity contribution in [2.75, 3.05) is 26.1 Å². The van der Waals surface area contributed by atoms with Gasteiger partial charge in [0.25, 0.3) is 5.69 Å². The molecule has 0 heterocycles. The Kier molecular flexibility index (Phi) is 7.88. The average molecular weight is 349 g/mol. The second kappa shape index (κ2) is 9.64. The summed E-state index contributed by atoms with van der Waals surface area (Å²) < 4.78 is 0. The fraction of sp³-hybridized carbons (Fsp3) is 0.235. The Bertz CT molecular complexity index is 690. The fourth-order valence-corrected chi connectivity index (χ4v) is 2.04. The summed E-state index contributed by atoms with van der Waals surface area (Å²) in [5.74, 6) is 0. The quantitative estimate of drug-likeness (QED) is 0.469. The Hall–Kier alpha value is -2.44. The van der Waals surface area contributed by atoms with Crippen molar-refractivity contribution in [1.29, 1.82) is 0 Å². The molecular formula is C17H21ClN4O2.